The van der Waals surface area contributed by atoms with Crippen LogP contribution in [-0.2, 0) is 14.8 Å². The molecule has 1 N–H and O–H groups in total. The molecule has 0 amide bonds. The summed E-state index contributed by atoms with van der Waals surface area (Å²) in [4.78, 5) is 11.0. The van der Waals surface area contributed by atoms with Crippen molar-refractivity contribution in [2.75, 3.05) is 33.4 Å². The number of nitrogens with zero attached hydrogens (tertiary/aromatic N) is 1. The van der Waals surface area contributed by atoms with Crippen molar-refractivity contribution in [3.63, 3.8) is 0 Å². The highest BCUT2D eigenvalue weighted by Crippen LogP contribution is 2.33. The van der Waals surface area contributed by atoms with Gasteiger partial charge in [-0.1, -0.05) is 11.6 Å². The van der Waals surface area contributed by atoms with Crippen LogP contribution in [0.2, 0.25) is 5.02 Å². The molecule has 1 fully saturated rings. The van der Waals surface area contributed by atoms with Crippen molar-refractivity contribution in [1.29, 1.82) is 0 Å². The minimum Gasteiger partial charge on any atom is -0.494 e. The fraction of sp³-hybridized carbons (Fsp3) is 0.417. The summed E-state index contributed by atoms with van der Waals surface area (Å²) in [6.07, 6.45) is 0. The van der Waals surface area contributed by atoms with E-state index in [4.69, 9.17) is 26.2 Å². The van der Waals surface area contributed by atoms with E-state index in [0.29, 0.717) is 0 Å². The van der Waals surface area contributed by atoms with Crippen molar-refractivity contribution in [2.45, 2.75) is 4.90 Å². The van der Waals surface area contributed by atoms with Gasteiger partial charge in [-0.15, -0.1) is 0 Å². The average Bonchev–Trinajstić information content (AvgIpc) is 2.47. The van der Waals surface area contributed by atoms with Gasteiger partial charge in [-0.3, -0.25) is 0 Å². The monoisotopic (exact) mass is 335 g/mol. The molecule has 116 valence electrons. The Hall–Kier alpha value is -1.35. The minimum absolute atomic E-state index is 0.0139. The SMILES string of the molecule is COc1c(C(=O)O)cc(Cl)cc1S(=O)(=O)N1CCOCC1. The Morgan fingerprint density at radius 1 is 1.38 bits per heavy atom. The number of sulfonamides is 1. The molecule has 0 saturated carbocycles. The van der Waals surface area contributed by atoms with Gasteiger partial charge in [0, 0.05) is 18.1 Å². The average molecular weight is 336 g/mol. The standard InChI is InChI=1S/C12H14ClNO6S/c1-19-11-9(12(15)16)6-8(13)7-10(11)21(17,18)14-2-4-20-5-3-14/h6-7H,2-5H2,1H3,(H,15,16). The molecule has 0 unspecified atom stereocenters. The maximum absolute atomic E-state index is 12.6. The molecule has 0 atom stereocenters. The molecule has 1 aromatic carbocycles. The molecule has 2 rings (SSSR count). The molecule has 0 spiro atoms. The van der Waals surface area contributed by atoms with Gasteiger partial charge in [-0.05, 0) is 12.1 Å². The van der Waals surface area contributed by atoms with Crippen molar-refractivity contribution in [1.82, 2.24) is 4.31 Å². The lowest BCUT2D eigenvalue weighted by Gasteiger charge is -2.27. The van der Waals surface area contributed by atoms with Crippen LogP contribution in [0.4, 0.5) is 0 Å². The van der Waals surface area contributed by atoms with Crippen LogP contribution in [0.3, 0.4) is 0 Å². The number of ether oxygens (including phenoxy) is 2. The van der Waals surface area contributed by atoms with Crippen LogP contribution in [-0.4, -0.2) is 57.2 Å². The van der Waals surface area contributed by atoms with E-state index < -0.39 is 16.0 Å². The third-order valence-electron chi connectivity index (χ3n) is 3.04. The molecule has 0 aliphatic carbocycles. The summed E-state index contributed by atoms with van der Waals surface area (Å²) in [6.45, 7) is 0.961. The highest BCUT2D eigenvalue weighted by atomic mass is 35.5. The number of hydrogen-bond acceptors (Lipinski definition) is 5. The second-order valence-corrected chi connectivity index (χ2v) is 6.65. The zero-order chi connectivity index (χ0) is 15.6. The van der Waals surface area contributed by atoms with Gasteiger partial charge in [-0.25, -0.2) is 13.2 Å². The van der Waals surface area contributed by atoms with Gasteiger partial charge in [0.15, 0.2) is 5.75 Å². The smallest absolute Gasteiger partial charge is 0.339 e. The van der Waals surface area contributed by atoms with E-state index in [1.807, 2.05) is 0 Å². The molecule has 7 nitrogen and oxygen atoms in total. The molecule has 1 aromatic rings. The Labute approximate surface area is 127 Å². The van der Waals surface area contributed by atoms with Crippen molar-refractivity contribution < 1.29 is 27.8 Å². The Balaban J connectivity index is 2.59. The number of halogens is 1. The zero-order valence-corrected chi connectivity index (χ0v) is 12.8. The molecule has 1 aliphatic rings. The maximum Gasteiger partial charge on any atom is 0.339 e. The summed E-state index contributed by atoms with van der Waals surface area (Å²) >= 11 is 5.84. The fourth-order valence-electron chi connectivity index (χ4n) is 2.06. The van der Waals surface area contributed by atoms with Crippen LogP contribution >= 0.6 is 11.6 Å². The number of hydrogen-bond donors (Lipinski definition) is 1. The second-order valence-electron chi connectivity index (χ2n) is 4.31. The number of carbonyl (C=O) groups is 1. The number of carboxylic acids is 1. The Morgan fingerprint density at radius 3 is 2.52 bits per heavy atom. The first-order valence-electron chi connectivity index (χ1n) is 6.06. The highest BCUT2D eigenvalue weighted by molar-refractivity contribution is 7.89. The first-order valence-corrected chi connectivity index (χ1v) is 7.88. The number of rotatable bonds is 4. The van der Waals surface area contributed by atoms with Gasteiger partial charge >= 0.3 is 5.97 Å². The van der Waals surface area contributed by atoms with Crippen molar-refractivity contribution in [3.05, 3.63) is 22.7 Å². The van der Waals surface area contributed by atoms with Crippen LogP contribution in [0.25, 0.3) is 0 Å². The molecule has 0 bridgehead atoms. The summed E-state index contributed by atoms with van der Waals surface area (Å²) in [6, 6.07) is 2.35. The molecular weight excluding hydrogens is 322 g/mol. The predicted octanol–water partition coefficient (Wildman–Crippen LogP) is 1.07. The summed E-state index contributed by atoms with van der Waals surface area (Å²) in [5, 5.41) is 9.17. The Bertz CT molecular complexity index is 654. The van der Waals surface area contributed by atoms with E-state index in [1.165, 1.54) is 17.5 Å². The van der Waals surface area contributed by atoms with Crippen LogP contribution in [0.15, 0.2) is 17.0 Å². The van der Waals surface area contributed by atoms with Crippen molar-refractivity contribution in [3.8, 4) is 5.75 Å². The number of aromatic carboxylic acids is 1. The van der Waals surface area contributed by atoms with Crippen molar-refractivity contribution >= 4 is 27.6 Å². The van der Waals surface area contributed by atoms with E-state index in [9.17, 15) is 13.2 Å². The summed E-state index contributed by atoms with van der Waals surface area (Å²) in [5.74, 6) is -1.54. The lowest BCUT2D eigenvalue weighted by atomic mass is 10.2. The normalized spacial score (nSPS) is 16.7. The number of morpholine rings is 1. The Kier molecular flexibility index (Phi) is 4.72. The number of methoxy groups -OCH3 is 1. The minimum atomic E-state index is -3.90. The second kappa shape index (κ2) is 6.18. The van der Waals surface area contributed by atoms with E-state index >= 15 is 0 Å². The Morgan fingerprint density at radius 2 is 2.00 bits per heavy atom. The lowest BCUT2D eigenvalue weighted by molar-refractivity contribution is 0.0691. The van der Waals surface area contributed by atoms with Crippen molar-refractivity contribution in [2.24, 2.45) is 0 Å². The van der Waals surface area contributed by atoms with Gasteiger partial charge in [-0.2, -0.15) is 4.31 Å². The molecule has 1 heterocycles. The number of carboxylic acid groups (broad SMARTS) is 1. The first kappa shape index (κ1) is 16.0. The molecule has 0 aromatic heterocycles. The zero-order valence-electron chi connectivity index (χ0n) is 11.2. The molecule has 21 heavy (non-hydrogen) atoms. The molecule has 1 saturated heterocycles. The van der Waals surface area contributed by atoms with Gasteiger partial charge in [0.25, 0.3) is 0 Å². The van der Waals surface area contributed by atoms with E-state index in [2.05, 4.69) is 0 Å². The van der Waals surface area contributed by atoms with E-state index in [-0.39, 0.29) is 47.5 Å². The topological polar surface area (TPSA) is 93.1 Å². The van der Waals surface area contributed by atoms with Gasteiger partial charge < -0.3 is 14.6 Å². The molecule has 9 heteroatoms. The number of benzene rings is 1. The fourth-order valence-corrected chi connectivity index (χ4v) is 3.95. The molecular formula is C12H14ClNO6S. The van der Waals surface area contributed by atoms with E-state index in [0.717, 1.165) is 6.07 Å². The third-order valence-corrected chi connectivity index (χ3v) is 5.16. The van der Waals surface area contributed by atoms with Gasteiger partial charge in [0.1, 0.15) is 10.5 Å². The highest BCUT2D eigenvalue weighted by Gasteiger charge is 2.32. The van der Waals surface area contributed by atoms with Crippen LogP contribution in [0.1, 0.15) is 10.4 Å². The largest absolute Gasteiger partial charge is 0.494 e. The predicted molar refractivity (Wildman–Crippen MR) is 74.5 cm³/mol. The summed E-state index contributed by atoms with van der Waals surface area (Å²) < 4.78 is 36.6. The molecule has 0 radical (unpaired) electrons. The quantitative estimate of drug-likeness (QED) is 0.884. The molecule has 1 aliphatic heterocycles. The summed E-state index contributed by atoms with van der Waals surface area (Å²) in [7, 11) is -2.69. The maximum atomic E-state index is 12.6. The summed E-state index contributed by atoms with van der Waals surface area (Å²) in [5.41, 5.74) is -0.295. The van der Waals surface area contributed by atoms with Gasteiger partial charge in [0.2, 0.25) is 10.0 Å². The van der Waals surface area contributed by atoms with Crippen LogP contribution in [0.5, 0.6) is 5.75 Å². The van der Waals surface area contributed by atoms with Gasteiger partial charge in [0.05, 0.1) is 20.3 Å². The third kappa shape index (κ3) is 3.13. The van der Waals surface area contributed by atoms with Crippen LogP contribution in [0, 0.1) is 0 Å². The lowest BCUT2D eigenvalue weighted by Crippen LogP contribution is -2.40. The van der Waals surface area contributed by atoms with E-state index in [1.54, 1.807) is 0 Å². The van der Waals surface area contributed by atoms with Crippen LogP contribution < -0.4 is 4.74 Å². The first-order chi connectivity index (χ1) is 9.87.